The van der Waals surface area contributed by atoms with Crippen LogP contribution in [-0.4, -0.2) is 54.8 Å². The number of benzene rings is 2. The fraction of sp³-hybridized carbons (Fsp3) is 0.118. The second-order valence-electron chi connectivity index (χ2n) is 5.60. The molecular formula is C17H15N5O6S. The van der Waals surface area contributed by atoms with Gasteiger partial charge in [0.2, 0.25) is 0 Å². The Hall–Kier alpha value is -3.80. The highest BCUT2D eigenvalue weighted by Crippen LogP contribution is 2.23. The van der Waals surface area contributed by atoms with Crippen LogP contribution in [0.1, 0.15) is 20.7 Å². The van der Waals surface area contributed by atoms with Gasteiger partial charge in [0.05, 0.1) is 31.0 Å². The van der Waals surface area contributed by atoms with Gasteiger partial charge in [0, 0.05) is 5.69 Å². The minimum absolute atomic E-state index is 0.0328. The number of ether oxygens (including phenoxy) is 2. The van der Waals surface area contributed by atoms with Gasteiger partial charge in [0.1, 0.15) is 11.2 Å². The fourth-order valence-corrected chi connectivity index (χ4v) is 3.72. The zero-order valence-electron chi connectivity index (χ0n) is 15.3. The third kappa shape index (κ3) is 4.21. The molecule has 2 aromatic carbocycles. The lowest BCUT2D eigenvalue weighted by molar-refractivity contribution is 0.0583. The summed E-state index contributed by atoms with van der Waals surface area (Å²) in [5.41, 5.74) is 0.578. The average Bonchev–Trinajstić information content (AvgIpc) is 3.27. The number of hydrogen-bond acceptors (Lipinski definition) is 9. The largest absolute Gasteiger partial charge is 0.465 e. The minimum atomic E-state index is -4.24. The molecule has 11 nitrogen and oxygen atoms in total. The van der Waals surface area contributed by atoms with Gasteiger partial charge in [-0.3, -0.25) is 4.72 Å². The van der Waals surface area contributed by atoms with Gasteiger partial charge in [0.25, 0.3) is 10.0 Å². The first-order chi connectivity index (χ1) is 13.9. The van der Waals surface area contributed by atoms with Gasteiger partial charge in [-0.1, -0.05) is 0 Å². The predicted molar refractivity (Wildman–Crippen MR) is 99.1 cm³/mol. The van der Waals surface area contributed by atoms with Crippen LogP contribution in [0.25, 0.3) is 5.69 Å². The maximum absolute atomic E-state index is 12.9. The molecule has 1 heterocycles. The number of nitrogens with one attached hydrogen (secondary N) is 1. The molecule has 0 fully saturated rings. The molecule has 0 amide bonds. The Kier molecular flexibility index (Phi) is 5.54. The lowest BCUT2D eigenvalue weighted by atomic mass is 10.1. The van der Waals surface area contributed by atoms with E-state index in [1.807, 2.05) is 0 Å². The predicted octanol–water partition coefficient (Wildman–Crippen LogP) is 1.04. The maximum Gasteiger partial charge on any atom is 0.339 e. The third-order valence-corrected chi connectivity index (χ3v) is 5.25. The van der Waals surface area contributed by atoms with Crippen molar-refractivity contribution in [2.45, 2.75) is 4.90 Å². The van der Waals surface area contributed by atoms with Crippen molar-refractivity contribution in [3.05, 3.63) is 59.9 Å². The highest BCUT2D eigenvalue weighted by Gasteiger charge is 2.25. The summed E-state index contributed by atoms with van der Waals surface area (Å²) in [6.45, 7) is 0. The first-order valence-corrected chi connectivity index (χ1v) is 9.51. The van der Waals surface area contributed by atoms with Crippen molar-refractivity contribution < 1.29 is 27.5 Å². The van der Waals surface area contributed by atoms with E-state index in [1.165, 1.54) is 35.3 Å². The number of hydrogen-bond donors (Lipinski definition) is 1. The summed E-state index contributed by atoms with van der Waals surface area (Å²) in [5.74, 6) is -1.61. The molecule has 0 bridgehead atoms. The van der Waals surface area contributed by atoms with Gasteiger partial charge in [-0.25, -0.2) is 22.7 Å². The molecule has 3 rings (SSSR count). The standard InChI is InChI=1S/C17H15N5O6S/c1-27-16(23)11-3-8-14(17(24)28-2)15(9-11)29(25,26)19-12-4-6-13(7-5-12)22-10-18-20-21-22/h3-10,19H,1-2H3. The van der Waals surface area contributed by atoms with Crippen LogP contribution in [0.5, 0.6) is 0 Å². The fourth-order valence-electron chi connectivity index (χ4n) is 2.44. The smallest absolute Gasteiger partial charge is 0.339 e. The van der Waals surface area contributed by atoms with Crippen LogP contribution in [0.4, 0.5) is 5.69 Å². The Bertz CT molecular complexity index is 1140. The van der Waals surface area contributed by atoms with E-state index < -0.39 is 26.9 Å². The SMILES string of the molecule is COC(=O)c1ccc(C(=O)OC)c(S(=O)(=O)Nc2ccc(-n3cnnn3)cc2)c1. The Morgan fingerprint density at radius 1 is 1.00 bits per heavy atom. The number of tetrazole rings is 1. The van der Waals surface area contributed by atoms with Crippen molar-refractivity contribution in [3.8, 4) is 5.69 Å². The van der Waals surface area contributed by atoms with Gasteiger partial charge in [-0.2, -0.15) is 0 Å². The number of esters is 2. The molecule has 0 atom stereocenters. The molecule has 0 saturated heterocycles. The first kappa shape index (κ1) is 19.9. The molecule has 0 radical (unpaired) electrons. The number of methoxy groups -OCH3 is 2. The van der Waals surface area contributed by atoms with E-state index in [0.717, 1.165) is 20.3 Å². The second-order valence-corrected chi connectivity index (χ2v) is 7.25. The first-order valence-electron chi connectivity index (χ1n) is 8.02. The molecule has 29 heavy (non-hydrogen) atoms. The second kappa shape index (κ2) is 8.06. The van der Waals surface area contributed by atoms with Crippen molar-refractivity contribution in [1.29, 1.82) is 0 Å². The van der Waals surface area contributed by atoms with Crippen LogP contribution < -0.4 is 4.72 Å². The van der Waals surface area contributed by atoms with Crippen LogP contribution in [0.3, 0.4) is 0 Å². The number of aromatic nitrogens is 4. The molecule has 0 spiro atoms. The van der Waals surface area contributed by atoms with E-state index in [2.05, 4.69) is 29.7 Å². The molecular weight excluding hydrogens is 402 g/mol. The lowest BCUT2D eigenvalue weighted by Crippen LogP contribution is -2.18. The molecule has 0 unspecified atom stereocenters. The average molecular weight is 417 g/mol. The van der Waals surface area contributed by atoms with E-state index in [1.54, 1.807) is 12.1 Å². The quantitative estimate of drug-likeness (QED) is 0.582. The van der Waals surface area contributed by atoms with Crippen molar-refractivity contribution >= 4 is 27.6 Å². The summed E-state index contributed by atoms with van der Waals surface area (Å²) in [6.07, 6.45) is 1.39. The molecule has 3 aromatic rings. The number of rotatable bonds is 6. The van der Waals surface area contributed by atoms with Gasteiger partial charge in [0.15, 0.2) is 0 Å². The molecule has 0 aliphatic heterocycles. The molecule has 12 heteroatoms. The van der Waals surface area contributed by atoms with Crippen LogP contribution in [0.15, 0.2) is 53.7 Å². The number of nitrogens with zero attached hydrogens (tertiary/aromatic N) is 4. The number of anilines is 1. The normalized spacial score (nSPS) is 11.0. The Morgan fingerprint density at radius 3 is 2.28 bits per heavy atom. The molecule has 0 aliphatic rings. The summed E-state index contributed by atoms with van der Waals surface area (Å²) in [4.78, 5) is 23.4. The molecule has 1 N–H and O–H groups in total. The van der Waals surface area contributed by atoms with Gasteiger partial charge >= 0.3 is 11.9 Å². The highest BCUT2D eigenvalue weighted by atomic mass is 32.2. The maximum atomic E-state index is 12.9. The summed E-state index contributed by atoms with van der Waals surface area (Å²) < 4.78 is 38.8. The third-order valence-electron chi connectivity index (χ3n) is 3.83. The minimum Gasteiger partial charge on any atom is -0.465 e. The van der Waals surface area contributed by atoms with Crippen molar-refractivity contribution in [3.63, 3.8) is 0 Å². The summed E-state index contributed by atoms with van der Waals surface area (Å²) in [7, 11) is -1.95. The van der Waals surface area contributed by atoms with E-state index in [9.17, 15) is 18.0 Å². The summed E-state index contributed by atoms with van der Waals surface area (Å²) in [6, 6.07) is 9.70. The number of sulfonamides is 1. The Labute approximate surface area is 165 Å². The van der Waals surface area contributed by atoms with Crippen LogP contribution >= 0.6 is 0 Å². The van der Waals surface area contributed by atoms with Crippen LogP contribution in [0, 0.1) is 0 Å². The van der Waals surface area contributed by atoms with E-state index in [4.69, 9.17) is 0 Å². The van der Waals surface area contributed by atoms with Crippen molar-refractivity contribution in [2.24, 2.45) is 0 Å². The van der Waals surface area contributed by atoms with Gasteiger partial charge in [-0.05, 0) is 52.9 Å². The number of carbonyl (C=O) groups is 2. The van der Waals surface area contributed by atoms with Crippen LogP contribution in [-0.2, 0) is 19.5 Å². The number of carbonyl (C=O) groups excluding carboxylic acids is 2. The Balaban J connectivity index is 1.97. The summed E-state index contributed by atoms with van der Waals surface area (Å²) in [5, 5.41) is 10.8. The Morgan fingerprint density at radius 2 is 1.69 bits per heavy atom. The molecule has 150 valence electrons. The van der Waals surface area contributed by atoms with Gasteiger partial charge < -0.3 is 9.47 Å². The summed E-state index contributed by atoms with van der Waals surface area (Å²) >= 11 is 0. The highest BCUT2D eigenvalue weighted by molar-refractivity contribution is 7.92. The van der Waals surface area contributed by atoms with E-state index in [0.29, 0.717) is 5.69 Å². The zero-order valence-corrected chi connectivity index (χ0v) is 16.1. The molecule has 0 saturated carbocycles. The lowest BCUT2D eigenvalue weighted by Gasteiger charge is -2.13. The van der Waals surface area contributed by atoms with E-state index >= 15 is 0 Å². The molecule has 1 aromatic heterocycles. The van der Waals surface area contributed by atoms with E-state index in [-0.39, 0.29) is 16.8 Å². The topological polar surface area (TPSA) is 142 Å². The van der Waals surface area contributed by atoms with Crippen LogP contribution in [0.2, 0.25) is 0 Å². The zero-order chi connectivity index (χ0) is 21.0. The van der Waals surface area contributed by atoms with Crippen molar-refractivity contribution in [1.82, 2.24) is 20.2 Å². The van der Waals surface area contributed by atoms with Crippen molar-refractivity contribution in [2.75, 3.05) is 18.9 Å². The monoisotopic (exact) mass is 417 g/mol. The molecule has 0 aliphatic carbocycles. The van der Waals surface area contributed by atoms with Gasteiger partial charge in [-0.15, -0.1) is 5.10 Å².